The monoisotopic (exact) mass is 396 g/mol. The van der Waals surface area contributed by atoms with Crippen molar-refractivity contribution in [2.24, 2.45) is 0 Å². The second-order valence-electron chi connectivity index (χ2n) is 5.87. The van der Waals surface area contributed by atoms with Gasteiger partial charge in [0, 0.05) is 24.3 Å². The van der Waals surface area contributed by atoms with E-state index in [1.54, 1.807) is 6.07 Å². The number of carbonyl (C=O) groups is 1. The van der Waals surface area contributed by atoms with Gasteiger partial charge >= 0.3 is 5.97 Å². The van der Waals surface area contributed by atoms with E-state index in [0.717, 1.165) is 19.4 Å². The fraction of sp³-hybridized carbons (Fsp3) is 0.278. The standard InChI is InChI=1S/C18H21ClN2O4S/c1-3-4-11-21(2)14-7-10-17(16(12-14)18(22)23)20-26(24,25)15-8-5-13(19)6-9-15/h5-10,12,20H,3-4,11H2,1-2H3,(H,22,23). The number of hydrogen-bond donors (Lipinski definition) is 2. The van der Waals surface area contributed by atoms with Crippen LogP contribution in [0.25, 0.3) is 0 Å². The largest absolute Gasteiger partial charge is 0.478 e. The molecule has 0 aliphatic heterocycles. The highest BCUT2D eigenvalue weighted by atomic mass is 35.5. The van der Waals surface area contributed by atoms with Gasteiger partial charge in [-0.1, -0.05) is 24.9 Å². The van der Waals surface area contributed by atoms with Crippen molar-refractivity contribution in [2.45, 2.75) is 24.7 Å². The molecule has 0 saturated heterocycles. The molecule has 0 radical (unpaired) electrons. The Morgan fingerprint density at radius 1 is 1.19 bits per heavy atom. The molecule has 0 amide bonds. The summed E-state index contributed by atoms with van der Waals surface area (Å²) in [6, 6.07) is 10.3. The summed E-state index contributed by atoms with van der Waals surface area (Å²) in [7, 11) is -2.05. The highest BCUT2D eigenvalue weighted by molar-refractivity contribution is 7.92. The molecule has 26 heavy (non-hydrogen) atoms. The van der Waals surface area contributed by atoms with Crippen LogP contribution in [0.4, 0.5) is 11.4 Å². The van der Waals surface area contributed by atoms with E-state index in [2.05, 4.69) is 11.6 Å². The van der Waals surface area contributed by atoms with Gasteiger partial charge in [-0.3, -0.25) is 4.72 Å². The molecule has 0 aromatic heterocycles. The predicted molar refractivity (Wildman–Crippen MR) is 104 cm³/mol. The average molecular weight is 397 g/mol. The van der Waals surface area contributed by atoms with Crippen LogP contribution in [0, 0.1) is 0 Å². The molecule has 2 N–H and O–H groups in total. The Morgan fingerprint density at radius 3 is 2.42 bits per heavy atom. The first kappa shape index (κ1) is 20.1. The van der Waals surface area contributed by atoms with Gasteiger partial charge in [0.15, 0.2) is 0 Å². The maximum absolute atomic E-state index is 12.5. The molecule has 0 heterocycles. The third-order valence-electron chi connectivity index (χ3n) is 3.89. The van der Waals surface area contributed by atoms with Crippen molar-refractivity contribution in [1.82, 2.24) is 0 Å². The minimum absolute atomic E-state index is 0.00220. The Kier molecular flexibility index (Phi) is 6.50. The molecule has 2 rings (SSSR count). The molecule has 0 aliphatic carbocycles. The van der Waals surface area contributed by atoms with Gasteiger partial charge in [-0.25, -0.2) is 13.2 Å². The van der Waals surface area contributed by atoms with Crippen molar-refractivity contribution in [2.75, 3.05) is 23.2 Å². The van der Waals surface area contributed by atoms with Crippen LogP contribution < -0.4 is 9.62 Å². The Labute approximate surface area is 158 Å². The Morgan fingerprint density at radius 2 is 1.85 bits per heavy atom. The van der Waals surface area contributed by atoms with Crippen LogP contribution in [0.15, 0.2) is 47.4 Å². The van der Waals surface area contributed by atoms with Gasteiger partial charge < -0.3 is 10.0 Å². The van der Waals surface area contributed by atoms with Crippen molar-refractivity contribution in [3.8, 4) is 0 Å². The Hall–Kier alpha value is -2.25. The highest BCUT2D eigenvalue weighted by Gasteiger charge is 2.19. The van der Waals surface area contributed by atoms with E-state index in [-0.39, 0.29) is 16.1 Å². The lowest BCUT2D eigenvalue weighted by Gasteiger charge is -2.20. The summed E-state index contributed by atoms with van der Waals surface area (Å²) < 4.78 is 27.3. The number of benzene rings is 2. The van der Waals surface area contributed by atoms with E-state index in [0.29, 0.717) is 10.7 Å². The van der Waals surface area contributed by atoms with Gasteiger partial charge in [0.2, 0.25) is 0 Å². The smallest absolute Gasteiger partial charge is 0.337 e. The molecular weight excluding hydrogens is 376 g/mol. The molecule has 0 aliphatic rings. The SMILES string of the molecule is CCCCN(C)c1ccc(NS(=O)(=O)c2ccc(Cl)cc2)c(C(=O)O)c1. The van der Waals surface area contributed by atoms with E-state index >= 15 is 0 Å². The predicted octanol–water partition coefficient (Wildman–Crippen LogP) is 4.08. The number of halogens is 1. The summed E-state index contributed by atoms with van der Waals surface area (Å²) in [6.07, 6.45) is 2.00. The molecule has 0 saturated carbocycles. The van der Waals surface area contributed by atoms with E-state index in [1.807, 2.05) is 11.9 Å². The summed E-state index contributed by atoms with van der Waals surface area (Å²) in [5, 5.41) is 9.89. The summed E-state index contributed by atoms with van der Waals surface area (Å²) >= 11 is 5.77. The zero-order valence-corrected chi connectivity index (χ0v) is 16.1. The number of nitrogens with one attached hydrogen (secondary N) is 1. The average Bonchev–Trinajstić information content (AvgIpc) is 2.59. The van der Waals surface area contributed by atoms with Crippen molar-refractivity contribution in [3.63, 3.8) is 0 Å². The zero-order chi connectivity index (χ0) is 19.3. The Balaban J connectivity index is 2.34. The molecule has 2 aromatic carbocycles. The summed E-state index contributed by atoms with van der Waals surface area (Å²) in [6.45, 7) is 2.86. The Bertz CT molecular complexity index is 883. The number of sulfonamides is 1. The molecule has 0 spiro atoms. The van der Waals surface area contributed by atoms with Crippen LogP contribution in [0.5, 0.6) is 0 Å². The molecule has 0 fully saturated rings. The molecule has 6 nitrogen and oxygen atoms in total. The molecule has 2 aromatic rings. The van der Waals surface area contributed by atoms with Gasteiger partial charge in [0.05, 0.1) is 16.1 Å². The number of anilines is 2. The van der Waals surface area contributed by atoms with E-state index in [4.69, 9.17) is 11.6 Å². The highest BCUT2D eigenvalue weighted by Crippen LogP contribution is 2.26. The van der Waals surface area contributed by atoms with Crippen LogP contribution in [0.2, 0.25) is 5.02 Å². The maximum Gasteiger partial charge on any atom is 0.337 e. The number of hydrogen-bond acceptors (Lipinski definition) is 4. The fourth-order valence-corrected chi connectivity index (χ4v) is 3.58. The third kappa shape index (κ3) is 4.89. The molecule has 140 valence electrons. The zero-order valence-electron chi connectivity index (χ0n) is 14.6. The third-order valence-corrected chi connectivity index (χ3v) is 5.52. The van der Waals surface area contributed by atoms with E-state index in [1.165, 1.54) is 36.4 Å². The lowest BCUT2D eigenvalue weighted by atomic mass is 10.1. The van der Waals surface area contributed by atoms with Crippen LogP contribution in [-0.2, 0) is 10.0 Å². The topological polar surface area (TPSA) is 86.7 Å². The lowest BCUT2D eigenvalue weighted by Crippen LogP contribution is -2.20. The van der Waals surface area contributed by atoms with Crippen molar-refractivity contribution < 1.29 is 18.3 Å². The second kappa shape index (κ2) is 8.42. The minimum Gasteiger partial charge on any atom is -0.478 e. The van der Waals surface area contributed by atoms with E-state index < -0.39 is 16.0 Å². The first-order chi connectivity index (χ1) is 12.2. The summed E-state index contributed by atoms with van der Waals surface area (Å²) in [4.78, 5) is 13.5. The van der Waals surface area contributed by atoms with Crippen LogP contribution in [-0.4, -0.2) is 33.1 Å². The van der Waals surface area contributed by atoms with Gasteiger partial charge in [-0.2, -0.15) is 0 Å². The quantitative estimate of drug-likeness (QED) is 0.702. The normalized spacial score (nSPS) is 11.2. The van der Waals surface area contributed by atoms with Gasteiger partial charge in [0.25, 0.3) is 10.0 Å². The lowest BCUT2D eigenvalue weighted by molar-refractivity contribution is 0.0698. The molecule has 0 bridgehead atoms. The number of nitrogens with zero attached hydrogens (tertiary/aromatic N) is 1. The summed E-state index contributed by atoms with van der Waals surface area (Å²) in [5.74, 6) is -1.20. The van der Waals surface area contributed by atoms with Crippen LogP contribution >= 0.6 is 11.6 Å². The molecular formula is C18H21ClN2O4S. The van der Waals surface area contributed by atoms with Crippen molar-refractivity contribution in [1.29, 1.82) is 0 Å². The van der Waals surface area contributed by atoms with Crippen LogP contribution in [0.3, 0.4) is 0 Å². The number of unbranched alkanes of at least 4 members (excludes halogenated alkanes) is 1. The number of rotatable bonds is 8. The molecule has 0 unspecified atom stereocenters. The van der Waals surface area contributed by atoms with E-state index in [9.17, 15) is 18.3 Å². The van der Waals surface area contributed by atoms with Crippen LogP contribution in [0.1, 0.15) is 30.1 Å². The summed E-state index contributed by atoms with van der Waals surface area (Å²) in [5.41, 5.74) is 0.619. The number of aromatic carboxylic acids is 1. The fourth-order valence-electron chi connectivity index (χ4n) is 2.38. The minimum atomic E-state index is -3.92. The van der Waals surface area contributed by atoms with Gasteiger partial charge in [0.1, 0.15) is 0 Å². The first-order valence-corrected chi connectivity index (χ1v) is 9.97. The first-order valence-electron chi connectivity index (χ1n) is 8.11. The van der Waals surface area contributed by atoms with Crippen molar-refractivity contribution >= 4 is 39.0 Å². The molecule has 8 heteroatoms. The van der Waals surface area contributed by atoms with Gasteiger partial charge in [-0.05, 0) is 48.9 Å². The number of carboxylic acids is 1. The molecule has 0 atom stereocenters. The number of carboxylic acid groups (broad SMARTS) is 1. The maximum atomic E-state index is 12.5. The second-order valence-corrected chi connectivity index (χ2v) is 7.99. The van der Waals surface area contributed by atoms with Gasteiger partial charge in [-0.15, -0.1) is 0 Å². The van der Waals surface area contributed by atoms with Crippen molar-refractivity contribution in [3.05, 3.63) is 53.1 Å².